The molecule has 0 atom stereocenters. The number of nitro benzene ring substituents is 1. The fourth-order valence-electron chi connectivity index (χ4n) is 2.02. The van der Waals surface area contributed by atoms with Gasteiger partial charge in [0, 0.05) is 25.2 Å². The minimum Gasteiger partial charge on any atom is -0.456 e. The number of nitro groups is 1. The first-order valence-corrected chi connectivity index (χ1v) is 6.81. The Morgan fingerprint density at radius 2 is 1.82 bits per heavy atom. The van der Waals surface area contributed by atoms with Gasteiger partial charge in [0.1, 0.15) is 17.2 Å². The predicted octanol–water partition coefficient (Wildman–Crippen LogP) is 2.63. The van der Waals surface area contributed by atoms with E-state index in [9.17, 15) is 14.9 Å². The topological polar surface area (TPSA) is 85.6 Å². The Morgan fingerprint density at radius 1 is 1.14 bits per heavy atom. The SMILES string of the molecule is O=C(c1ccc(Oc2ccc([N+](=O)[O-])cc2)cn1)N1CCC1. The summed E-state index contributed by atoms with van der Waals surface area (Å²) in [6.45, 7) is 1.56. The van der Waals surface area contributed by atoms with Gasteiger partial charge in [-0.1, -0.05) is 0 Å². The summed E-state index contributed by atoms with van der Waals surface area (Å²) in [5.41, 5.74) is 0.386. The van der Waals surface area contributed by atoms with Crippen LogP contribution in [0.2, 0.25) is 0 Å². The summed E-state index contributed by atoms with van der Waals surface area (Å²) in [5.74, 6) is 0.858. The maximum absolute atomic E-state index is 12.0. The molecule has 1 aliphatic rings. The number of rotatable bonds is 4. The summed E-state index contributed by atoms with van der Waals surface area (Å²) in [4.78, 5) is 27.9. The molecule has 1 aromatic carbocycles. The molecule has 0 saturated carbocycles. The van der Waals surface area contributed by atoms with Crippen molar-refractivity contribution in [3.8, 4) is 11.5 Å². The Morgan fingerprint density at radius 3 is 2.32 bits per heavy atom. The lowest BCUT2D eigenvalue weighted by Crippen LogP contribution is -2.42. The van der Waals surface area contributed by atoms with Crippen LogP contribution in [0.4, 0.5) is 5.69 Å². The predicted molar refractivity (Wildman–Crippen MR) is 77.9 cm³/mol. The molecule has 1 amide bonds. The zero-order chi connectivity index (χ0) is 15.5. The van der Waals surface area contributed by atoms with Crippen LogP contribution in [0.15, 0.2) is 42.6 Å². The van der Waals surface area contributed by atoms with Gasteiger partial charge in [-0.15, -0.1) is 0 Å². The molecule has 3 rings (SSSR count). The molecule has 0 aliphatic carbocycles. The number of aromatic nitrogens is 1. The first-order valence-electron chi connectivity index (χ1n) is 6.81. The van der Waals surface area contributed by atoms with Crippen LogP contribution >= 0.6 is 0 Å². The molecule has 112 valence electrons. The second-order valence-electron chi connectivity index (χ2n) is 4.88. The van der Waals surface area contributed by atoms with Crippen LogP contribution < -0.4 is 4.74 Å². The maximum Gasteiger partial charge on any atom is 0.272 e. The number of likely N-dealkylation sites (tertiary alicyclic amines) is 1. The number of pyridine rings is 1. The first-order chi connectivity index (χ1) is 10.6. The lowest BCUT2D eigenvalue weighted by molar-refractivity contribution is -0.384. The van der Waals surface area contributed by atoms with Gasteiger partial charge in [-0.05, 0) is 30.7 Å². The molecule has 1 saturated heterocycles. The van der Waals surface area contributed by atoms with Crippen LogP contribution in [-0.4, -0.2) is 33.8 Å². The minimum atomic E-state index is -0.471. The molecule has 7 heteroatoms. The Labute approximate surface area is 126 Å². The van der Waals surface area contributed by atoms with Crippen LogP contribution in [0.1, 0.15) is 16.9 Å². The highest BCUT2D eigenvalue weighted by Crippen LogP contribution is 2.23. The van der Waals surface area contributed by atoms with E-state index in [4.69, 9.17) is 4.74 Å². The second kappa shape index (κ2) is 5.80. The maximum atomic E-state index is 12.0. The van der Waals surface area contributed by atoms with E-state index in [-0.39, 0.29) is 11.6 Å². The molecule has 2 heterocycles. The van der Waals surface area contributed by atoms with Crippen molar-refractivity contribution in [2.24, 2.45) is 0 Å². The van der Waals surface area contributed by atoms with Crippen molar-refractivity contribution in [1.29, 1.82) is 0 Å². The quantitative estimate of drug-likeness (QED) is 0.640. The number of amides is 1. The third-order valence-electron chi connectivity index (χ3n) is 3.38. The largest absolute Gasteiger partial charge is 0.456 e. The van der Waals surface area contributed by atoms with Crippen LogP contribution in [0.25, 0.3) is 0 Å². The highest BCUT2D eigenvalue weighted by Gasteiger charge is 2.22. The van der Waals surface area contributed by atoms with Gasteiger partial charge >= 0.3 is 0 Å². The summed E-state index contributed by atoms with van der Waals surface area (Å²) in [6, 6.07) is 9.02. The molecule has 1 aliphatic heterocycles. The third kappa shape index (κ3) is 2.88. The number of benzene rings is 1. The van der Waals surface area contributed by atoms with Gasteiger partial charge < -0.3 is 9.64 Å². The Bertz CT molecular complexity index is 694. The number of non-ortho nitro benzene ring substituents is 1. The molecule has 1 fully saturated rings. The minimum absolute atomic E-state index is 0.000896. The molecule has 2 aromatic rings. The van der Waals surface area contributed by atoms with Gasteiger partial charge in [0.15, 0.2) is 0 Å². The Hall–Kier alpha value is -2.96. The van der Waals surface area contributed by atoms with Crippen LogP contribution in [0, 0.1) is 10.1 Å². The van der Waals surface area contributed by atoms with Crippen molar-refractivity contribution in [3.63, 3.8) is 0 Å². The molecule has 0 bridgehead atoms. The molecule has 0 N–H and O–H groups in total. The van der Waals surface area contributed by atoms with E-state index >= 15 is 0 Å². The van der Waals surface area contributed by atoms with Crippen molar-refractivity contribution in [2.75, 3.05) is 13.1 Å². The Kier molecular flexibility index (Phi) is 3.69. The summed E-state index contributed by atoms with van der Waals surface area (Å²) in [7, 11) is 0. The van der Waals surface area contributed by atoms with E-state index in [2.05, 4.69) is 4.98 Å². The standard InChI is InChI=1S/C15H13N3O4/c19-15(17-8-1-9-17)14-7-6-13(10-16-14)22-12-4-2-11(3-5-12)18(20)21/h2-7,10H,1,8-9H2. The van der Waals surface area contributed by atoms with E-state index in [0.717, 1.165) is 19.5 Å². The number of hydrogen-bond acceptors (Lipinski definition) is 5. The molecular weight excluding hydrogens is 286 g/mol. The average Bonchev–Trinajstić information content (AvgIpc) is 2.46. The molecule has 22 heavy (non-hydrogen) atoms. The Balaban J connectivity index is 1.67. The fraction of sp³-hybridized carbons (Fsp3) is 0.200. The van der Waals surface area contributed by atoms with Gasteiger partial charge in [0.25, 0.3) is 11.6 Å². The van der Waals surface area contributed by atoms with Gasteiger partial charge in [-0.25, -0.2) is 4.98 Å². The van der Waals surface area contributed by atoms with Gasteiger partial charge in [-0.3, -0.25) is 14.9 Å². The summed E-state index contributed by atoms with van der Waals surface area (Å²) >= 11 is 0. The van der Waals surface area contributed by atoms with Crippen LogP contribution in [-0.2, 0) is 0 Å². The number of nitrogens with zero attached hydrogens (tertiary/aromatic N) is 3. The highest BCUT2D eigenvalue weighted by atomic mass is 16.6. The van der Waals surface area contributed by atoms with Crippen LogP contribution in [0.5, 0.6) is 11.5 Å². The molecule has 1 aromatic heterocycles. The zero-order valence-corrected chi connectivity index (χ0v) is 11.6. The van der Waals surface area contributed by atoms with Crippen LogP contribution in [0.3, 0.4) is 0 Å². The molecule has 0 radical (unpaired) electrons. The monoisotopic (exact) mass is 299 g/mol. The normalized spacial score (nSPS) is 13.4. The molecular formula is C15H13N3O4. The number of ether oxygens (including phenoxy) is 1. The molecule has 0 spiro atoms. The van der Waals surface area contributed by atoms with Crippen molar-refractivity contribution in [2.45, 2.75) is 6.42 Å². The van der Waals surface area contributed by atoms with Crippen molar-refractivity contribution in [3.05, 3.63) is 58.4 Å². The fourth-order valence-corrected chi connectivity index (χ4v) is 2.02. The smallest absolute Gasteiger partial charge is 0.272 e. The first kappa shape index (κ1) is 14.0. The van der Waals surface area contributed by atoms with E-state index in [1.54, 1.807) is 17.0 Å². The highest BCUT2D eigenvalue weighted by molar-refractivity contribution is 5.92. The average molecular weight is 299 g/mol. The van der Waals surface area contributed by atoms with E-state index in [1.165, 1.54) is 30.5 Å². The van der Waals surface area contributed by atoms with Crippen molar-refractivity contribution in [1.82, 2.24) is 9.88 Å². The number of carbonyl (C=O) groups excluding carboxylic acids is 1. The lowest BCUT2D eigenvalue weighted by atomic mass is 10.2. The van der Waals surface area contributed by atoms with Gasteiger partial charge in [0.05, 0.1) is 11.1 Å². The number of carbonyl (C=O) groups is 1. The van der Waals surface area contributed by atoms with E-state index in [1.807, 2.05) is 0 Å². The zero-order valence-electron chi connectivity index (χ0n) is 11.6. The molecule has 7 nitrogen and oxygen atoms in total. The number of hydrogen-bond donors (Lipinski definition) is 0. The van der Waals surface area contributed by atoms with Gasteiger partial charge in [0.2, 0.25) is 0 Å². The van der Waals surface area contributed by atoms with Crippen molar-refractivity contribution >= 4 is 11.6 Å². The van der Waals surface area contributed by atoms with Crippen molar-refractivity contribution < 1.29 is 14.5 Å². The third-order valence-corrected chi connectivity index (χ3v) is 3.38. The summed E-state index contributed by atoms with van der Waals surface area (Å²) in [6.07, 6.45) is 2.50. The molecule has 0 unspecified atom stereocenters. The second-order valence-corrected chi connectivity index (χ2v) is 4.88. The van der Waals surface area contributed by atoms with E-state index < -0.39 is 4.92 Å². The van der Waals surface area contributed by atoms with E-state index in [0.29, 0.717) is 17.2 Å². The lowest BCUT2D eigenvalue weighted by Gasteiger charge is -2.30. The van der Waals surface area contributed by atoms with Gasteiger partial charge in [-0.2, -0.15) is 0 Å². The summed E-state index contributed by atoms with van der Waals surface area (Å²) < 4.78 is 5.54. The summed E-state index contributed by atoms with van der Waals surface area (Å²) in [5, 5.41) is 10.6.